The number of carbonyl (C=O) groups excluding carboxylic acids is 2. The maximum atomic E-state index is 13.5. The minimum absolute atomic E-state index is 0.140. The van der Waals surface area contributed by atoms with Crippen molar-refractivity contribution in [2.75, 3.05) is 17.3 Å². The molecule has 3 aromatic carbocycles. The number of anilines is 2. The van der Waals surface area contributed by atoms with Crippen molar-refractivity contribution in [2.24, 2.45) is 0 Å². The molecule has 6 heteroatoms. The first-order valence-corrected chi connectivity index (χ1v) is 10.3. The molecule has 2 amide bonds. The SMILES string of the molecule is COc1cccc(N2C(=O)C(Nc3ccc(C(C)C)cc3)=C(c3ccc(F)cc3)C2=O)c1. The minimum Gasteiger partial charge on any atom is -0.497 e. The lowest BCUT2D eigenvalue weighted by molar-refractivity contribution is -0.120. The van der Waals surface area contributed by atoms with E-state index < -0.39 is 17.6 Å². The van der Waals surface area contributed by atoms with E-state index in [0.29, 0.717) is 28.6 Å². The Bertz CT molecular complexity index is 1200. The van der Waals surface area contributed by atoms with Crippen molar-refractivity contribution in [1.29, 1.82) is 0 Å². The summed E-state index contributed by atoms with van der Waals surface area (Å²) < 4.78 is 18.8. The summed E-state index contributed by atoms with van der Waals surface area (Å²) in [5.41, 5.74) is 3.02. The first-order chi connectivity index (χ1) is 15.4. The Morgan fingerprint density at radius 1 is 0.906 bits per heavy atom. The molecule has 0 aliphatic carbocycles. The van der Waals surface area contributed by atoms with Crippen LogP contribution in [-0.2, 0) is 9.59 Å². The number of benzene rings is 3. The molecule has 1 aliphatic heterocycles. The van der Waals surface area contributed by atoms with Gasteiger partial charge >= 0.3 is 0 Å². The van der Waals surface area contributed by atoms with E-state index in [1.165, 1.54) is 31.4 Å². The number of nitrogens with zero attached hydrogens (tertiary/aromatic N) is 1. The van der Waals surface area contributed by atoms with Gasteiger partial charge in [-0.15, -0.1) is 0 Å². The molecular weight excluding hydrogens is 407 g/mol. The van der Waals surface area contributed by atoms with Crippen molar-refractivity contribution in [2.45, 2.75) is 19.8 Å². The van der Waals surface area contributed by atoms with Gasteiger partial charge in [0, 0.05) is 11.8 Å². The molecule has 0 saturated carbocycles. The van der Waals surface area contributed by atoms with E-state index in [9.17, 15) is 14.0 Å². The highest BCUT2D eigenvalue weighted by atomic mass is 19.1. The molecule has 1 heterocycles. The predicted molar refractivity (Wildman–Crippen MR) is 123 cm³/mol. The second-order valence-corrected chi connectivity index (χ2v) is 7.81. The fourth-order valence-electron chi connectivity index (χ4n) is 3.61. The zero-order chi connectivity index (χ0) is 22.8. The number of rotatable bonds is 6. The molecular formula is C26H23FN2O3. The fraction of sp³-hybridized carbons (Fsp3) is 0.154. The van der Waals surface area contributed by atoms with Crippen LogP contribution >= 0.6 is 0 Å². The summed E-state index contributed by atoms with van der Waals surface area (Å²) in [5.74, 6) is -0.505. The molecule has 0 radical (unpaired) electrons. The number of carbonyl (C=O) groups is 2. The summed E-state index contributed by atoms with van der Waals surface area (Å²) in [5, 5.41) is 3.12. The molecule has 0 aromatic heterocycles. The summed E-state index contributed by atoms with van der Waals surface area (Å²) in [4.78, 5) is 27.9. The van der Waals surface area contributed by atoms with Crippen LogP contribution in [0.15, 0.2) is 78.5 Å². The Labute approximate surface area is 186 Å². The maximum absolute atomic E-state index is 13.5. The van der Waals surface area contributed by atoms with E-state index in [4.69, 9.17) is 4.74 Å². The predicted octanol–water partition coefficient (Wildman–Crippen LogP) is 5.35. The van der Waals surface area contributed by atoms with Crippen molar-refractivity contribution in [3.05, 3.63) is 95.4 Å². The summed E-state index contributed by atoms with van der Waals surface area (Å²) in [6, 6.07) is 20.0. The lowest BCUT2D eigenvalue weighted by atomic mass is 10.0. The lowest BCUT2D eigenvalue weighted by Crippen LogP contribution is -2.32. The van der Waals surface area contributed by atoms with E-state index in [1.54, 1.807) is 24.3 Å². The van der Waals surface area contributed by atoms with Gasteiger partial charge in [0.1, 0.15) is 17.3 Å². The molecule has 0 unspecified atom stereocenters. The van der Waals surface area contributed by atoms with Gasteiger partial charge in [0.15, 0.2) is 0 Å². The van der Waals surface area contributed by atoms with Crippen LogP contribution in [0.4, 0.5) is 15.8 Å². The summed E-state index contributed by atoms with van der Waals surface area (Å²) in [7, 11) is 1.52. The van der Waals surface area contributed by atoms with E-state index in [-0.39, 0.29) is 11.3 Å². The van der Waals surface area contributed by atoms with Gasteiger partial charge in [-0.1, -0.05) is 44.2 Å². The Balaban J connectivity index is 1.78. The van der Waals surface area contributed by atoms with Crippen LogP contribution in [0.25, 0.3) is 5.57 Å². The van der Waals surface area contributed by atoms with Gasteiger partial charge < -0.3 is 10.1 Å². The highest BCUT2D eigenvalue weighted by molar-refractivity contribution is 6.46. The largest absolute Gasteiger partial charge is 0.497 e. The van der Waals surface area contributed by atoms with Crippen LogP contribution in [0, 0.1) is 5.82 Å². The third-order valence-electron chi connectivity index (χ3n) is 5.38. The molecule has 0 spiro atoms. The molecule has 1 N–H and O–H groups in total. The van der Waals surface area contributed by atoms with Crippen LogP contribution in [-0.4, -0.2) is 18.9 Å². The van der Waals surface area contributed by atoms with Crippen molar-refractivity contribution < 1.29 is 18.7 Å². The number of imide groups is 1. The van der Waals surface area contributed by atoms with Crippen molar-refractivity contribution in [1.82, 2.24) is 0 Å². The average Bonchev–Trinajstić information content (AvgIpc) is 3.04. The standard InChI is InChI=1S/C26H23FN2O3/c1-16(2)17-9-13-20(14-10-17)28-24-23(18-7-11-19(27)12-8-18)25(30)29(26(24)31)21-5-4-6-22(15-21)32-3/h4-16,28H,1-3H3. The van der Waals surface area contributed by atoms with Crippen LogP contribution in [0.3, 0.4) is 0 Å². The molecule has 5 nitrogen and oxygen atoms in total. The lowest BCUT2D eigenvalue weighted by Gasteiger charge is -2.16. The summed E-state index contributed by atoms with van der Waals surface area (Å²) in [6.07, 6.45) is 0. The van der Waals surface area contributed by atoms with Gasteiger partial charge in [0.25, 0.3) is 11.8 Å². The van der Waals surface area contributed by atoms with Gasteiger partial charge in [-0.25, -0.2) is 9.29 Å². The smallest absolute Gasteiger partial charge is 0.282 e. The fourth-order valence-corrected chi connectivity index (χ4v) is 3.61. The Morgan fingerprint density at radius 3 is 2.22 bits per heavy atom. The number of halogens is 1. The first kappa shape index (κ1) is 21.3. The van der Waals surface area contributed by atoms with Gasteiger partial charge in [-0.2, -0.15) is 0 Å². The average molecular weight is 430 g/mol. The third kappa shape index (κ3) is 3.99. The maximum Gasteiger partial charge on any atom is 0.282 e. The summed E-state index contributed by atoms with van der Waals surface area (Å²) in [6.45, 7) is 4.20. The van der Waals surface area contributed by atoms with Crippen molar-refractivity contribution in [3.63, 3.8) is 0 Å². The van der Waals surface area contributed by atoms with Crippen LogP contribution in [0.1, 0.15) is 30.9 Å². The summed E-state index contributed by atoms with van der Waals surface area (Å²) >= 11 is 0. The van der Waals surface area contributed by atoms with E-state index in [2.05, 4.69) is 19.2 Å². The molecule has 1 aliphatic rings. The zero-order valence-corrected chi connectivity index (χ0v) is 18.1. The van der Waals surface area contributed by atoms with Crippen molar-refractivity contribution in [3.8, 4) is 5.75 Å². The first-order valence-electron chi connectivity index (χ1n) is 10.3. The molecule has 162 valence electrons. The number of hydrogen-bond acceptors (Lipinski definition) is 4. The number of amides is 2. The Hall–Kier alpha value is -3.93. The van der Waals surface area contributed by atoms with Gasteiger partial charge in [-0.3, -0.25) is 9.59 Å². The molecule has 0 bridgehead atoms. The minimum atomic E-state index is -0.490. The Kier molecular flexibility index (Phi) is 5.77. The number of ether oxygens (including phenoxy) is 1. The molecule has 32 heavy (non-hydrogen) atoms. The molecule has 0 fully saturated rings. The highest BCUT2D eigenvalue weighted by Crippen LogP contribution is 2.35. The molecule has 0 saturated heterocycles. The van der Waals surface area contributed by atoms with Gasteiger partial charge in [0.2, 0.25) is 0 Å². The normalized spacial score (nSPS) is 13.8. The van der Waals surface area contributed by atoms with Crippen LogP contribution in [0.2, 0.25) is 0 Å². The second-order valence-electron chi connectivity index (χ2n) is 7.81. The highest BCUT2D eigenvalue weighted by Gasteiger charge is 2.40. The monoisotopic (exact) mass is 430 g/mol. The van der Waals surface area contributed by atoms with Gasteiger partial charge in [0.05, 0.1) is 18.4 Å². The van der Waals surface area contributed by atoms with Gasteiger partial charge in [-0.05, 0) is 53.4 Å². The van der Waals surface area contributed by atoms with Crippen LogP contribution in [0.5, 0.6) is 5.75 Å². The molecule has 4 rings (SSSR count). The molecule has 0 atom stereocenters. The van der Waals surface area contributed by atoms with E-state index in [1.807, 2.05) is 24.3 Å². The molecule has 3 aromatic rings. The number of nitrogens with one attached hydrogen (secondary N) is 1. The zero-order valence-electron chi connectivity index (χ0n) is 18.1. The van der Waals surface area contributed by atoms with E-state index >= 15 is 0 Å². The second kappa shape index (κ2) is 8.67. The number of methoxy groups -OCH3 is 1. The Morgan fingerprint density at radius 2 is 1.59 bits per heavy atom. The quantitative estimate of drug-likeness (QED) is 0.536. The van der Waals surface area contributed by atoms with E-state index in [0.717, 1.165) is 10.5 Å². The number of hydrogen-bond donors (Lipinski definition) is 1. The van der Waals surface area contributed by atoms with Crippen LogP contribution < -0.4 is 15.0 Å². The topological polar surface area (TPSA) is 58.6 Å². The third-order valence-corrected chi connectivity index (χ3v) is 5.38. The van der Waals surface area contributed by atoms with Crippen molar-refractivity contribution >= 4 is 28.8 Å².